The van der Waals surface area contributed by atoms with Gasteiger partial charge >= 0.3 is 0 Å². The first-order valence-corrected chi connectivity index (χ1v) is 4.96. The molecule has 1 fully saturated rings. The van der Waals surface area contributed by atoms with Gasteiger partial charge in [0.15, 0.2) is 0 Å². The van der Waals surface area contributed by atoms with E-state index in [4.69, 9.17) is 0 Å². The van der Waals surface area contributed by atoms with Crippen molar-refractivity contribution in [3.05, 3.63) is 0 Å². The summed E-state index contributed by atoms with van der Waals surface area (Å²) in [6.45, 7) is 9.82. The van der Waals surface area contributed by atoms with E-state index in [0.29, 0.717) is 18.0 Å². The van der Waals surface area contributed by atoms with Crippen molar-refractivity contribution < 1.29 is 5.11 Å². The molecule has 0 aliphatic carbocycles. The molecule has 1 aliphatic rings. The van der Waals surface area contributed by atoms with Gasteiger partial charge in [-0.1, -0.05) is 6.92 Å². The summed E-state index contributed by atoms with van der Waals surface area (Å²) in [5, 5.41) is 9.62. The molecule has 0 amide bonds. The number of hydrogen-bond acceptors (Lipinski definition) is 2. The Kier molecular flexibility index (Phi) is 3.13. The van der Waals surface area contributed by atoms with E-state index in [1.807, 2.05) is 0 Å². The van der Waals surface area contributed by atoms with Crippen molar-refractivity contribution in [2.24, 2.45) is 5.92 Å². The van der Waals surface area contributed by atoms with Gasteiger partial charge in [0.05, 0.1) is 6.10 Å². The zero-order valence-corrected chi connectivity index (χ0v) is 8.62. The SMILES string of the molecule is CC(C)N1C[C@@H](C)[C@H](O)C[C@H]1C. The third kappa shape index (κ3) is 1.99. The molecule has 0 spiro atoms. The first kappa shape index (κ1) is 10.0. The number of likely N-dealkylation sites (tertiary alicyclic amines) is 1. The molecule has 2 heteroatoms. The second-order valence-corrected chi connectivity index (χ2v) is 4.42. The number of aliphatic hydroxyl groups excluding tert-OH is 1. The molecule has 0 radical (unpaired) electrons. The van der Waals surface area contributed by atoms with Gasteiger partial charge in [0, 0.05) is 18.6 Å². The highest BCUT2D eigenvalue weighted by atomic mass is 16.3. The summed E-state index contributed by atoms with van der Waals surface area (Å²) in [5.41, 5.74) is 0. The molecule has 1 N–H and O–H groups in total. The van der Waals surface area contributed by atoms with E-state index in [9.17, 15) is 5.11 Å². The number of hydrogen-bond donors (Lipinski definition) is 1. The second kappa shape index (κ2) is 3.75. The molecule has 72 valence electrons. The van der Waals surface area contributed by atoms with E-state index >= 15 is 0 Å². The Hall–Kier alpha value is -0.0800. The largest absolute Gasteiger partial charge is 0.393 e. The maximum atomic E-state index is 9.62. The molecule has 0 unspecified atom stereocenters. The average molecular weight is 171 g/mol. The Labute approximate surface area is 75.6 Å². The van der Waals surface area contributed by atoms with Crippen LogP contribution in [0.4, 0.5) is 0 Å². The Bertz CT molecular complexity index is 147. The van der Waals surface area contributed by atoms with Crippen LogP contribution in [0.15, 0.2) is 0 Å². The number of piperidine rings is 1. The van der Waals surface area contributed by atoms with Gasteiger partial charge in [0.2, 0.25) is 0 Å². The molecule has 12 heavy (non-hydrogen) atoms. The monoisotopic (exact) mass is 171 g/mol. The van der Waals surface area contributed by atoms with Crippen molar-refractivity contribution in [3.8, 4) is 0 Å². The smallest absolute Gasteiger partial charge is 0.0592 e. The molecule has 1 saturated heterocycles. The summed E-state index contributed by atoms with van der Waals surface area (Å²) in [4.78, 5) is 2.47. The van der Waals surface area contributed by atoms with Gasteiger partial charge in [-0.15, -0.1) is 0 Å². The summed E-state index contributed by atoms with van der Waals surface area (Å²) in [6.07, 6.45) is 0.842. The number of rotatable bonds is 1. The molecule has 2 nitrogen and oxygen atoms in total. The maximum absolute atomic E-state index is 9.62. The van der Waals surface area contributed by atoms with Gasteiger partial charge in [-0.3, -0.25) is 4.90 Å². The summed E-state index contributed by atoms with van der Waals surface area (Å²) < 4.78 is 0. The molecule has 1 rings (SSSR count). The standard InChI is InChI=1S/C10H21NO/c1-7(2)11-6-8(3)10(12)5-9(11)4/h7-10,12H,5-6H2,1-4H3/t8-,9-,10-/m1/s1. The molecule has 0 aromatic rings. The summed E-state index contributed by atoms with van der Waals surface area (Å²) in [6, 6.07) is 1.14. The quantitative estimate of drug-likeness (QED) is 0.646. The van der Waals surface area contributed by atoms with E-state index in [1.165, 1.54) is 0 Å². The van der Waals surface area contributed by atoms with Crippen LogP contribution in [0, 0.1) is 5.92 Å². The van der Waals surface area contributed by atoms with Crippen LogP contribution in [0.1, 0.15) is 34.1 Å². The average Bonchev–Trinajstić information content (AvgIpc) is 1.96. The minimum Gasteiger partial charge on any atom is -0.393 e. The first-order chi connectivity index (χ1) is 5.52. The molecule has 0 aromatic carbocycles. The minimum atomic E-state index is -0.0880. The van der Waals surface area contributed by atoms with Crippen molar-refractivity contribution in [1.29, 1.82) is 0 Å². The summed E-state index contributed by atoms with van der Waals surface area (Å²) in [5.74, 6) is 0.434. The normalized spacial score (nSPS) is 39.0. The highest BCUT2D eigenvalue weighted by molar-refractivity contribution is 4.84. The van der Waals surface area contributed by atoms with Gasteiger partial charge in [-0.25, -0.2) is 0 Å². The predicted molar refractivity (Wildman–Crippen MR) is 51.1 cm³/mol. The van der Waals surface area contributed by atoms with Crippen molar-refractivity contribution in [2.45, 2.75) is 52.3 Å². The van der Waals surface area contributed by atoms with Crippen LogP contribution in [0.3, 0.4) is 0 Å². The third-order valence-electron chi connectivity index (χ3n) is 2.97. The Morgan fingerprint density at radius 1 is 1.33 bits per heavy atom. The lowest BCUT2D eigenvalue weighted by molar-refractivity contribution is -0.00774. The minimum absolute atomic E-state index is 0.0880. The first-order valence-electron chi connectivity index (χ1n) is 4.96. The molecular formula is C10H21NO. The van der Waals surface area contributed by atoms with Crippen molar-refractivity contribution in [2.75, 3.05) is 6.54 Å². The van der Waals surface area contributed by atoms with Crippen LogP contribution in [-0.2, 0) is 0 Å². The fraction of sp³-hybridized carbons (Fsp3) is 1.00. The van der Waals surface area contributed by atoms with Crippen LogP contribution in [-0.4, -0.2) is 34.7 Å². The lowest BCUT2D eigenvalue weighted by Gasteiger charge is -2.42. The molecule has 0 saturated carbocycles. The molecule has 1 heterocycles. The highest BCUT2D eigenvalue weighted by Crippen LogP contribution is 2.23. The van der Waals surface area contributed by atoms with Gasteiger partial charge in [-0.2, -0.15) is 0 Å². The van der Waals surface area contributed by atoms with Crippen molar-refractivity contribution in [1.82, 2.24) is 4.90 Å². The zero-order chi connectivity index (χ0) is 9.30. The van der Waals surface area contributed by atoms with Crippen LogP contribution in [0.25, 0.3) is 0 Å². The maximum Gasteiger partial charge on any atom is 0.0592 e. The van der Waals surface area contributed by atoms with Gasteiger partial charge < -0.3 is 5.11 Å². The topological polar surface area (TPSA) is 23.5 Å². The molecule has 0 aromatic heterocycles. The summed E-state index contributed by atoms with van der Waals surface area (Å²) >= 11 is 0. The summed E-state index contributed by atoms with van der Waals surface area (Å²) in [7, 11) is 0. The molecule has 1 aliphatic heterocycles. The second-order valence-electron chi connectivity index (χ2n) is 4.42. The Morgan fingerprint density at radius 3 is 2.42 bits per heavy atom. The Balaban J connectivity index is 2.55. The molecule has 0 bridgehead atoms. The highest BCUT2D eigenvalue weighted by Gasteiger charge is 2.30. The fourth-order valence-corrected chi connectivity index (χ4v) is 2.07. The van der Waals surface area contributed by atoms with Gasteiger partial charge in [0.25, 0.3) is 0 Å². The molecular weight excluding hydrogens is 150 g/mol. The number of aliphatic hydroxyl groups is 1. The zero-order valence-electron chi connectivity index (χ0n) is 8.62. The van der Waals surface area contributed by atoms with Crippen LogP contribution in [0.5, 0.6) is 0 Å². The van der Waals surface area contributed by atoms with Crippen LogP contribution >= 0.6 is 0 Å². The number of nitrogens with zero attached hydrogens (tertiary/aromatic N) is 1. The van der Waals surface area contributed by atoms with Gasteiger partial charge in [0.1, 0.15) is 0 Å². The van der Waals surface area contributed by atoms with Crippen molar-refractivity contribution >= 4 is 0 Å². The van der Waals surface area contributed by atoms with Crippen LogP contribution in [0.2, 0.25) is 0 Å². The van der Waals surface area contributed by atoms with E-state index in [0.717, 1.165) is 13.0 Å². The van der Waals surface area contributed by atoms with E-state index in [2.05, 4.69) is 32.6 Å². The predicted octanol–water partition coefficient (Wildman–Crippen LogP) is 1.49. The Morgan fingerprint density at radius 2 is 1.92 bits per heavy atom. The van der Waals surface area contributed by atoms with E-state index in [-0.39, 0.29) is 6.10 Å². The van der Waals surface area contributed by atoms with E-state index < -0.39 is 0 Å². The lowest BCUT2D eigenvalue weighted by atomic mass is 9.91. The van der Waals surface area contributed by atoms with E-state index in [1.54, 1.807) is 0 Å². The lowest BCUT2D eigenvalue weighted by Crippen LogP contribution is -2.50. The third-order valence-corrected chi connectivity index (χ3v) is 2.97. The molecule has 3 atom stereocenters. The van der Waals surface area contributed by atoms with Crippen LogP contribution < -0.4 is 0 Å². The van der Waals surface area contributed by atoms with Gasteiger partial charge in [-0.05, 0) is 33.1 Å². The fourth-order valence-electron chi connectivity index (χ4n) is 2.07. The van der Waals surface area contributed by atoms with Crippen molar-refractivity contribution in [3.63, 3.8) is 0 Å².